The molecule has 17 heteroatoms. The van der Waals surface area contributed by atoms with Crippen molar-refractivity contribution in [3.63, 3.8) is 0 Å². The molecule has 1 aliphatic carbocycles. The number of aryl methyl sites for hydroxylation is 2. The smallest absolute Gasteiger partial charge is 0.350 e. The van der Waals surface area contributed by atoms with Crippen LogP contribution in [0.1, 0.15) is 53.0 Å². The molecule has 288 valence electrons. The van der Waals surface area contributed by atoms with Gasteiger partial charge in [0.1, 0.15) is 0 Å². The fourth-order valence-corrected chi connectivity index (χ4v) is 6.39. The van der Waals surface area contributed by atoms with Gasteiger partial charge in [-0.1, -0.05) is 18.2 Å². The summed E-state index contributed by atoms with van der Waals surface area (Å²) in [6.07, 6.45) is -2.42. The number of benzene rings is 3. The number of hydrogen-bond acceptors (Lipinski definition) is 6. The second-order valence-electron chi connectivity index (χ2n) is 13.4. The van der Waals surface area contributed by atoms with Gasteiger partial charge >= 0.3 is 18.0 Å². The van der Waals surface area contributed by atoms with Crippen LogP contribution in [0.15, 0.2) is 60.7 Å². The minimum absolute atomic E-state index is 0.0442. The van der Waals surface area contributed by atoms with E-state index in [9.17, 15) is 45.1 Å². The number of amides is 3. The first kappa shape index (κ1) is 39.9. The summed E-state index contributed by atoms with van der Waals surface area (Å²) in [4.78, 5) is 44.5. The Morgan fingerprint density at radius 2 is 1.52 bits per heavy atom. The largest absolute Gasteiger partial charge is 0.460 e. The summed E-state index contributed by atoms with van der Waals surface area (Å²) < 4.78 is 93.6. The summed E-state index contributed by atoms with van der Waals surface area (Å²) in [6.45, 7) is 3.19. The molecular weight excluding hydrogens is 723 g/mol. The minimum atomic E-state index is -6.56. The van der Waals surface area contributed by atoms with Crippen LogP contribution in [-0.2, 0) is 15.5 Å². The zero-order valence-electron chi connectivity index (χ0n) is 29.7. The fourth-order valence-electron chi connectivity index (χ4n) is 6.39. The quantitative estimate of drug-likeness (QED) is 0.105. The van der Waals surface area contributed by atoms with Gasteiger partial charge in [-0.25, -0.2) is 4.98 Å². The van der Waals surface area contributed by atoms with Crippen LogP contribution < -0.4 is 15.5 Å². The average molecular weight is 762 g/mol. The molecule has 0 unspecified atom stereocenters. The van der Waals surface area contributed by atoms with Crippen LogP contribution in [-0.4, -0.2) is 83.1 Å². The molecule has 10 nitrogen and oxygen atoms in total. The number of carbonyl (C=O) groups is 3. The molecule has 1 aliphatic rings. The molecular formula is C37H38F7N7O3. The maximum atomic E-state index is 14.2. The van der Waals surface area contributed by atoms with E-state index in [1.807, 2.05) is 19.1 Å². The van der Waals surface area contributed by atoms with Crippen molar-refractivity contribution < 1.29 is 45.1 Å². The molecule has 0 aliphatic heterocycles. The lowest BCUT2D eigenvalue weighted by atomic mass is 9.90. The van der Waals surface area contributed by atoms with Crippen LogP contribution in [0.5, 0.6) is 0 Å². The van der Waals surface area contributed by atoms with Crippen LogP contribution in [0, 0.1) is 13.8 Å². The molecule has 1 heterocycles. The molecule has 0 radical (unpaired) electrons. The van der Waals surface area contributed by atoms with Crippen LogP contribution in [0.2, 0.25) is 0 Å². The summed E-state index contributed by atoms with van der Waals surface area (Å²) in [7, 11) is 4.11. The van der Waals surface area contributed by atoms with Gasteiger partial charge in [-0.05, 0) is 118 Å². The van der Waals surface area contributed by atoms with Gasteiger partial charge in [0.25, 0.3) is 11.8 Å². The van der Waals surface area contributed by atoms with Gasteiger partial charge in [0.15, 0.2) is 5.82 Å². The van der Waals surface area contributed by atoms with Crippen molar-refractivity contribution >= 4 is 29.6 Å². The number of aromatic nitrogens is 3. The SMILES string of the molecule is Cc1cc(C(=O)NC2CCC(N(C)C)CC2)ccc1-c1ccc(C)c(N(C(=O)CNC=O)c2ccc(-c3n[nH]c(C(F)(F)C(F)(F)C(F)(F)F)n3)cc2)c1. The number of nitrogens with one attached hydrogen (secondary N) is 3. The van der Waals surface area contributed by atoms with E-state index in [0.29, 0.717) is 34.8 Å². The fraction of sp³-hybridized carbons (Fsp3) is 0.378. The molecule has 4 aromatic rings. The van der Waals surface area contributed by atoms with Gasteiger partial charge in [0.2, 0.25) is 12.2 Å². The predicted molar refractivity (Wildman–Crippen MR) is 186 cm³/mol. The van der Waals surface area contributed by atoms with Crippen molar-refractivity contribution in [2.45, 2.75) is 69.6 Å². The van der Waals surface area contributed by atoms with Crippen LogP contribution in [0.4, 0.5) is 42.1 Å². The Labute approximate surface area is 306 Å². The Kier molecular flexibility index (Phi) is 11.5. The monoisotopic (exact) mass is 761 g/mol. The maximum absolute atomic E-state index is 14.2. The Morgan fingerprint density at radius 3 is 2.11 bits per heavy atom. The second kappa shape index (κ2) is 15.6. The van der Waals surface area contributed by atoms with Crippen LogP contribution in [0.3, 0.4) is 0 Å². The molecule has 1 saturated carbocycles. The number of nitrogens with zero attached hydrogens (tertiary/aromatic N) is 4. The Bertz CT molecular complexity index is 1990. The topological polar surface area (TPSA) is 123 Å². The van der Waals surface area contributed by atoms with E-state index in [1.165, 1.54) is 34.3 Å². The number of H-pyrrole nitrogens is 1. The molecule has 0 atom stereocenters. The van der Waals surface area contributed by atoms with Gasteiger partial charge in [0, 0.05) is 28.9 Å². The van der Waals surface area contributed by atoms with E-state index in [-0.39, 0.29) is 23.2 Å². The highest BCUT2D eigenvalue weighted by Gasteiger charge is 2.75. The molecule has 0 bridgehead atoms. The summed E-state index contributed by atoms with van der Waals surface area (Å²) in [5.74, 6) is -15.5. The number of rotatable bonds is 12. The van der Waals surface area contributed by atoms with E-state index in [2.05, 4.69) is 39.7 Å². The normalized spacial score (nSPS) is 16.6. The van der Waals surface area contributed by atoms with Gasteiger partial charge in [-0.15, -0.1) is 0 Å². The molecule has 5 rings (SSSR count). The highest BCUT2D eigenvalue weighted by molar-refractivity contribution is 6.03. The van der Waals surface area contributed by atoms with Crippen molar-refractivity contribution in [3.05, 3.63) is 83.2 Å². The van der Waals surface area contributed by atoms with Gasteiger partial charge in [-0.2, -0.15) is 35.8 Å². The first-order chi connectivity index (χ1) is 25.3. The zero-order valence-corrected chi connectivity index (χ0v) is 29.7. The minimum Gasteiger partial charge on any atom is -0.350 e. The molecule has 54 heavy (non-hydrogen) atoms. The number of hydrogen-bond donors (Lipinski definition) is 3. The van der Waals surface area contributed by atoms with E-state index < -0.39 is 42.1 Å². The summed E-state index contributed by atoms with van der Waals surface area (Å²) >= 11 is 0. The molecule has 1 aromatic heterocycles. The van der Waals surface area contributed by atoms with Crippen molar-refractivity contribution in [2.75, 3.05) is 25.5 Å². The van der Waals surface area contributed by atoms with E-state index in [4.69, 9.17) is 0 Å². The highest BCUT2D eigenvalue weighted by atomic mass is 19.4. The van der Waals surface area contributed by atoms with Gasteiger partial charge in [-0.3, -0.25) is 24.4 Å². The Morgan fingerprint density at radius 1 is 0.870 bits per heavy atom. The summed E-state index contributed by atoms with van der Waals surface area (Å²) in [6, 6.07) is 16.6. The number of alkyl halides is 7. The molecule has 1 fully saturated rings. The third-order valence-electron chi connectivity index (χ3n) is 9.51. The molecule has 3 amide bonds. The van der Waals surface area contributed by atoms with Crippen LogP contribution >= 0.6 is 0 Å². The number of aromatic amines is 1. The zero-order chi connectivity index (χ0) is 39.6. The number of carbonyl (C=O) groups excluding carboxylic acids is 3. The summed E-state index contributed by atoms with van der Waals surface area (Å²) in [5, 5.41) is 10.4. The predicted octanol–water partition coefficient (Wildman–Crippen LogP) is 7.06. The third-order valence-corrected chi connectivity index (χ3v) is 9.51. The second-order valence-corrected chi connectivity index (χ2v) is 13.4. The first-order valence-corrected chi connectivity index (χ1v) is 16.9. The van der Waals surface area contributed by atoms with Crippen molar-refractivity contribution in [3.8, 4) is 22.5 Å². The lowest BCUT2D eigenvalue weighted by molar-refractivity contribution is -0.361. The van der Waals surface area contributed by atoms with E-state index >= 15 is 0 Å². The van der Waals surface area contributed by atoms with Gasteiger partial charge in [0.05, 0.1) is 12.2 Å². The Balaban J connectivity index is 1.41. The maximum Gasteiger partial charge on any atom is 0.460 e. The molecule has 3 aromatic carbocycles. The Hall–Kier alpha value is -5.32. The van der Waals surface area contributed by atoms with E-state index in [0.717, 1.165) is 36.8 Å². The van der Waals surface area contributed by atoms with Crippen LogP contribution in [0.25, 0.3) is 22.5 Å². The van der Waals surface area contributed by atoms with Crippen molar-refractivity contribution in [1.29, 1.82) is 0 Å². The molecule has 0 saturated heterocycles. The lowest BCUT2D eigenvalue weighted by Gasteiger charge is -2.33. The van der Waals surface area contributed by atoms with E-state index in [1.54, 1.807) is 31.2 Å². The number of anilines is 2. The third kappa shape index (κ3) is 8.10. The lowest BCUT2D eigenvalue weighted by Crippen LogP contribution is -2.50. The average Bonchev–Trinajstić information content (AvgIpc) is 3.63. The summed E-state index contributed by atoms with van der Waals surface area (Å²) in [5.41, 5.74) is 4.01. The molecule has 3 N–H and O–H groups in total. The molecule has 0 spiro atoms. The van der Waals surface area contributed by atoms with Gasteiger partial charge < -0.3 is 15.5 Å². The number of halogens is 7. The van der Waals surface area contributed by atoms with Crippen molar-refractivity contribution in [2.24, 2.45) is 0 Å². The highest BCUT2D eigenvalue weighted by Crippen LogP contribution is 2.51. The van der Waals surface area contributed by atoms with Crippen molar-refractivity contribution in [1.82, 2.24) is 30.7 Å². The standard InChI is InChI=1S/C37H38F7N7O3/c1-21-5-6-24(29-16-9-25(17-22(29)2)33(54)46-26-10-14-27(15-11-26)50(3)4)18-30(21)51(31(53)19-45-20-52)28-12-7-23(8-13-28)32-47-34(49-48-32)35(38,39)36(40,41)37(42,43)44/h5-9,12-13,16-18,20,26-27H,10-11,14-15,19H2,1-4H3,(H,45,52)(H,46,54)(H,47,48,49). The first-order valence-electron chi connectivity index (χ1n) is 16.9.